The van der Waals surface area contributed by atoms with E-state index in [1.165, 1.54) is 6.42 Å². The Bertz CT molecular complexity index is 378. The third-order valence-corrected chi connectivity index (χ3v) is 3.22. The van der Waals surface area contributed by atoms with Crippen LogP contribution in [-0.4, -0.2) is 26.9 Å². The molecule has 1 aliphatic heterocycles. The van der Waals surface area contributed by atoms with Crippen molar-refractivity contribution < 1.29 is 9.84 Å². The second-order valence-electron chi connectivity index (χ2n) is 5.20. The number of ether oxygens (including phenoxy) is 1. The molecule has 1 aromatic rings. The van der Waals surface area contributed by atoms with Crippen molar-refractivity contribution in [3.05, 3.63) is 16.6 Å². The van der Waals surface area contributed by atoms with Crippen LogP contribution in [0.25, 0.3) is 0 Å². The number of aromatic nitrogens is 2. The number of nitrogens with zero attached hydrogens (tertiary/aromatic N) is 2. The third-order valence-electron chi connectivity index (χ3n) is 2.84. The van der Waals surface area contributed by atoms with Gasteiger partial charge in [-0.1, -0.05) is 0 Å². The van der Waals surface area contributed by atoms with Crippen LogP contribution >= 0.6 is 15.9 Å². The van der Waals surface area contributed by atoms with Gasteiger partial charge in [0.15, 0.2) is 0 Å². The maximum atomic E-state index is 9.89. The molecular weight excluding hydrogens is 284 g/mol. The molecular formula is C12H19BrN2O2. The van der Waals surface area contributed by atoms with Crippen molar-refractivity contribution in [1.82, 2.24) is 9.55 Å². The van der Waals surface area contributed by atoms with Gasteiger partial charge in [-0.2, -0.15) is 0 Å². The summed E-state index contributed by atoms with van der Waals surface area (Å²) >= 11 is 3.39. The van der Waals surface area contributed by atoms with E-state index in [1.807, 2.05) is 10.8 Å². The lowest BCUT2D eigenvalue weighted by molar-refractivity contribution is -0.0353. The normalized spacial score (nSPS) is 21.8. The Kier molecular flexibility index (Phi) is 3.90. The first-order valence-electron chi connectivity index (χ1n) is 6.03. The molecule has 4 nitrogen and oxygen atoms in total. The lowest BCUT2D eigenvalue weighted by Gasteiger charge is -2.26. The van der Waals surface area contributed by atoms with Gasteiger partial charge in [-0.05, 0) is 49.0 Å². The van der Waals surface area contributed by atoms with E-state index in [0.29, 0.717) is 6.42 Å². The van der Waals surface area contributed by atoms with E-state index in [9.17, 15) is 5.11 Å². The molecule has 1 fully saturated rings. The van der Waals surface area contributed by atoms with Crippen LogP contribution < -0.4 is 0 Å². The second kappa shape index (κ2) is 5.08. The summed E-state index contributed by atoms with van der Waals surface area (Å²) in [7, 11) is 0. The van der Waals surface area contributed by atoms with Crippen LogP contribution in [-0.2, 0) is 11.2 Å². The van der Waals surface area contributed by atoms with Gasteiger partial charge < -0.3 is 14.4 Å². The first-order valence-corrected chi connectivity index (χ1v) is 6.82. The topological polar surface area (TPSA) is 47.3 Å². The zero-order valence-electron chi connectivity index (χ0n) is 10.3. The molecule has 1 saturated heterocycles. The van der Waals surface area contributed by atoms with Gasteiger partial charge in [0.2, 0.25) is 0 Å². The average Bonchev–Trinajstić information content (AvgIpc) is 2.58. The van der Waals surface area contributed by atoms with Gasteiger partial charge in [0.05, 0.1) is 5.60 Å². The van der Waals surface area contributed by atoms with Gasteiger partial charge in [-0.25, -0.2) is 4.98 Å². The largest absolute Gasteiger partial charge is 0.390 e. The molecule has 1 aromatic heterocycles. The summed E-state index contributed by atoms with van der Waals surface area (Å²) in [5, 5.41) is 9.89. The fraction of sp³-hybridized carbons (Fsp3) is 0.750. The Morgan fingerprint density at radius 2 is 2.35 bits per heavy atom. The quantitative estimate of drug-likeness (QED) is 0.934. The van der Waals surface area contributed by atoms with Crippen molar-refractivity contribution in [2.45, 2.75) is 51.4 Å². The minimum atomic E-state index is -0.753. The molecule has 1 aliphatic rings. The van der Waals surface area contributed by atoms with Crippen molar-refractivity contribution in [1.29, 1.82) is 0 Å². The first kappa shape index (κ1) is 13.1. The number of hydrogen-bond donors (Lipinski definition) is 1. The number of imidazole rings is 1. The number of hydrogen-bond acceptors (Lipinski definition) is 3. The van der Waals surface area contributed by atoms with Crippen LogP contribution in [0.15, 0.2) is 10.8 Å². The minimum absolute atomic E-state index is 0.0694. The van der Waals surface area contributed by atoms with Gasteiger partial charge in [0.1, 0.15) is 16.7 Å². The van der Waals surface area contributed by atoms with Crippen molar-refractivity contribution in [3.8, 4) is 0 Å². The molecule has 5 heteroatoms. The summed E-state index contributed by atoms with van der Waals surface area (Å²) in [6.45, 7) is 4.39. The summed E-state index contributed by atoms with van der Waals surface area (Å²) in [5.74, 6) is 0.872. The summed E-state index contributed by atoms with van der Waals surface area (Å²) in [6, 6.07) is 0. The lowest BCUT2D eigenvalue weighted by atomic mass is 10.1. The maximum absolute atomic E-state index is 9.89. The summed E-state index contributed by atoms with van der Waals surface area (Å²) in [4.78, 5) is 4.41. The Hall–Kier alpha value is -0.390. The summed E-state index contributed by atoms with van der Waals surface area (Å²) in [5.41, 5.74) is -0.753. The van der Waals surface area contributed by atoms with Crippen LogP contribution in [0.5, 0.6) is 0 Å². The third kappa shape index (κ3) is 3.53. The van der Waals surface area contributed by atoms with Crippen LogP contribution in [0, 0.1) is 0 Å². The van der Waals surface area contributed by atoms with Crippen LogP contribution in [0.4, 0.5) is 0 Å². The predicted octanol–water partition coefficient (Wildman–Crippen LogP) is 2.66. The molecule has 17 heavy (non-hydrogen) atoms. The maximum Gasteiger partial charge on any atom is 0.135 e. The van der Waals surface area contributed by atoms with Crippen LogP contribution in [0.3, 0.4) is 0 Å². The number of halogens is 1. The average molecular weight is 303 g/mol. The molecule has 0 aliphatic carbocycles. The van der Waals surface area contributed by atoms with Crippen molar-refractivity contribution in [2.75, 3.05) is 6.61 Å². The molecule has 2 heterocycles. The van der Waals surface area contributed by atoms with Gasteiger partial charge in [0.25, 0.3) is 0 Å². The number of aliphatic hydroxyl groups is 1. The molecule has 0 aromatic carbocycles. The van der Waals surface area contributed by atoms with Crippen molar-refractivity contribution in [2.24, 2.45) is 0 Å². The highest BCUT2D eigenvalue weighted by molar-refractivity contribution is 9.10. The Balaban J connectivity index is 2.20. The first-order chi connectivity index (χ1) is 7.96. The van der Waals surface area contributed by atoms with Gasteiger partial charge >= 0.3 is 0 Å². The van der Waals surface area contributed by atoms with E-state index in [4.69, 9.17) is 4.74 Å². The molecule has 1 unspecified atom stereocenters. The molecule has 0 spiro atoms. The monoisotopic (exact) mass is 302 g/mol. The zero-order valence-corrected chi connectivity index (χ0v) is 11.9. The Labute approximate surface area is 110 Å². The van der Waals surface area contributed by atoms with Crippen molar-refractivity contribution in [3.63, 3.8) is 0 Å². The fourth-order valence-electron chi connectivity index (χ4n) is 2.11. The van der Waals surface area contributed by atoms with E-state index < -0.39 is 5.60 Å². The van der Waals surface area contributed by atoms with Crippen LogP contribution in [0.1, 0.15) is 45.2 Å². The van der Waals surface area contributed by atoms with Crippen LogP contribution in [0.2, 0.25) is 0 Å². The van der Waals surface area contributed by atoms with Crippen molar-refractivity contribution >= 4 is 15.9 Å². The van der Waals surface area contributed by atoms with Gasteiger partial charge in [-0.15, -0.1) is 0 Å². The van der Waals surface area contributed by atoms with E-state index in [-0.39, 0.29) is 6.23 Å². The van der Waals surface area contributed by atoms with E-state index in [1.54, 1.807) is 13.8 Å². The smallest absolute Gasteiger partial charge is 0.135 e. The van der Waals surface area contributed by atoms with Gasteiger partial charge in [0, 0.05) is 19.2 Å². The lowest BCUT2D eigenvalue weighted by Crippen LogP contribution is -2.27. The highest BCUT2D eigenvalue weighted by Crippen LogP contribution is 2.27. The second-order valence-corrected chi connectivity index (χ2v) is 6.01. The highest BCUT2D eigenvalue weighted by Gasteiger charge is 2.23. The standard InChI is InChI=1S/C12H19BrN2O2/c1-12(2,16)7-10-14-9(13)8-15(10)11-5-3-4-6-17-11/h8,11,16H,3-7H2,1-2H3. The Morgan fingerprint density at radius 3 is 2.94 bits per heavy atom. The summed E-state index contributed by atoms with van der Waals surface area (Å²) < 4.78 is 8.59. The summed E-state index contributed by atoms with van der Waals surface area (Å²) in [6.07, 6.45) is 5.87. The zero-order chi connectivity index (χ0) is 12.5. The molecule has 96 valence electrons. The van der Waals surface area contributed by atoms with E-state index in [0.717, 1.165) is 29.9 Å². The highest BCUT2D eigenvalue weighted by atomic mass is 79.9. The minimum Gasteiger partial charge on any atom is -0.390 e. The molecule has 0 saturated carbocycles. The molecule has 2 rings (SSSR count). The number of rotatable bonds is 3. The Morgan fingerprint density at radius 1 is 1.59 bits per heavy atom. The predicted molar refractivity (Wildman–Crippen MR) is 68.8 cm³/mol. The molecule has 0 radical (unpaired) electrons. The van der Waals surface area contributed by atoms with Gasteiger partial charge in [-0.3, -0.25) is 0 Å². The van der Waals surface area contributed by atoms with E-state index in [2.05, 4.69) is 20.9 Å². The van der Waals surface area contributed by atoms with E-state index >= 15 is 0 Å². The molecule has 1 N–H and O–H groups in total. The SMILES string of the molecule is CC(C)(O)Cc1nc(Br)cn1C1CCCCO1. The molecule has 0 bridgehead atoms. The molecule has 1 atom stereocenters. The fourth-order valence-corrected chi connectivity index (χ4v) is 2.53. The molecule has 0 amide bonds.